The maximum Gasteiger partial charge on any atom is -0.00845 e. The zero-order chi connectivity index (χ0) is 19.2. The summed E-state index contributed by atoms with van der Waals surface area (Å²) in [6.07, 6.45) is 21.9. The van der Waals surface area contributed by atoms with Crippen molar-refractivity contribution in [1.29, 1.82) is 0 Å². The molecule has 0 aromatic carbocycles. The van der Waals surface area contributed by atoms with Gasteiger partial charge in [0.25, 0.3) is 0 Å². The normalized spacial score (nSPS) is 47.4. The van der Waals surface area contributed by atoms with Crippen molar-refractivity contribution in [3.63, 3.8) is 0 Å². The molecule has 0 nitrogen and oxygen atoms in total. The number of rotatable bonds is 5. The lowest BCUT2D eigenvalue weighted by molar-refractivity contribution is -0.0553. The molecule has 0 saturated heterocycles. The van der Waals surface area contributed by atoms with Crippen molar-refractivity contribution in [2.45, 2.75) is 105 Å². The highest BCUT2D eigenvalue weighted by atomic mass is 14.6. The average Bonchev–Trinajstić information content (AvgIpc) is 2.98. The monoisotopic (exact) mass is 370 g/mol. The number of hydrogen-bond acceptors (Lipinski definition) is 0. The van der Waals surface area contributed by atoms with Gasteiger partial charge in [0.2, 0.25) is 0 Å². The summed E-state index contributed by atoms with van der Waals surface area (Å²) in [5, 5.41) is 0. The van der Waals surface area contributed by atoms with Gasteiger partial charge < -0.3 is 0 Å². The van der Waals surface area contributed by atoms with Crippen molar-refractivity contribution in [3.8, 4) is 0 Å². The van der Waals surface area contributed by atoms with E-state index < -0.39 is 0 Å². The number of allylic oxidation sites excluding steroid dienone is 2. The number of hydrogen-bond donors (Lipinski definition) is 0. The summed E-state index contributed by atoms with van der Waals surface area (Å²) in [7, 11) is 0. The van der Waals surface area contributed by atoms with Gasteiger partial charge in [0.15, 0.2) is 0 Å². The fraction of sp³-hybridized carbons (Fsp3) is 0.926. The van der Waals surface area contributed by atoms with Crippen molar-refractivity contribution in [2.75, 3.05) is 0 Å². The van der Waals surface area contributed by atoms with Crippen molar-refractivity contribution < 1.29 is 0 Å². The summed E-state index contributed by atoms with van der Waals surface area (Å²) in [5.74, 6) is 6.59. The molecule has 8 atom stereocenters. The Morgan fingerprint density at radius 1 is 0.926 bits per heavy atom. The summed E-state index contributed by atoms with van der Waals surface area (Å²) in [6.45, 7) is 12.7. The van der Waals surface area contributed by atoms with Crippen LogP contribution in [-0.2, 0) is 0 Å². The molecule has 0 radical (unpaired) electrons. The van der Waals surface area contributed by atoms with E-state index in [2.05, 4.69) is 46.8 Å². The van der Waals surface area contributed by atoms with Crippen LogP contribution in [0.3, 0.4) is 0 Å². The van der Waals surface area contributed by atoms with E-state index in [4.69, 9.17) is 0 Å². The zero-order valence-electron chi connectivity index (χ0n) is 19.0. The first kappa shape index (κ1) is 20.0. The van der Waals surface area contributed by atoms with Crippen LogP contribution < -0.4 is 0 Å². The summed E-state index contributed by atoms with van der Waals surface area (Å²) < 4.78 is 0. The van der Waals surface area contributed by atoms with Crippen LogP contribution in [0.5, 0.6) is 0 Å². The lowest BCUT2D eigenvalue weighted by Crippen LogP contribution is -2.50. The standard InChI is InChI=1S/C27H46/c1-19(2)9-8-10-20(3)23-14-15-24-22-13-12-21-11-6-7-17-26(21,4)25(22)16-18-27(23,24)5/h16,18-25H,6-15,17H2,1-5H3/t20-,21-,22+,23-,24+,25+,26+,27-/m1/s1. The molecule has 3 saturated carbocycles. The summed E-state index contributed by atoms with van der Waals surface area (Å²) in [5.41, 5.74) is 1.12. The van der Waals surface area contributed by atoms with Gasteiger partial charge in [-0.05, 0) is 90.8 Å². The topological polar surface area (TPSA) is 0 Å². The molecule has 4 aliphatic rings. The van der Waals surface area contributed by atoms with Gasteiger partial charge in [-0.3, -0.25) is 0 Å². The Hall–Kier alpha value is -0.260. The van der Waals surface area contributed by atoms with E-state index in [1.54, 1.807) is 0 Å². The maximum absolute atomic E-state index is 2.78. The minimum atomic E-state index is 0.496. The largest absolute Gasteiger partial charge is 0.0840 e. The fourth-order valence-corrected chi connectivity index (χ4v) is 8.66. The van der Waals surface area contributed by atoms with Crippen molar-refractivity contribution in [3.05, 3.63) is 12.2 Å². The molecule has 0 spiro atoms. The molecule has 3 fully saturated rings. The van der Waals surface area contributed by atoms with Gasteiger partial charge in [0, 0.05) is 0 Å². The van der Waals surface area contributed by atoms with Gasteiger partial charge in [-0.2, -0.15) is 0 Å². The summed E-state index contributed by atoms with van der Waals surface area (Å²) >= 11 is 0. The molecule has 4 rings (SSSR count). The highest BCUT2D eigenvalue weighted by Crippen LogP contribution is 2.66. The summed E-state index contributed by atoms with van der Waals surface area (Å²) in [4.78, 5) is 0. The predicted molar refractivity (Wildman–Crippen MR) is 118 cm³/mol. The fourth-order valence-electron chi connectivity index (χ4n) is 8.66. The molecule has 0 N–H and O–H groups in total. The third-order valence-electron chi connectivity index (χ3n) is 10.2. The van der Waals surface area contributed by atoms with Crippen molar-refractivity contribution in [1.82, 2.24) is 0 Å². The Bertz CT molecular complexity index is 544. The Labute approximate surface area is 170 Å². The Balaban J connectivity index is 1.51. The van der Waals surface area contributed by atoms with Gasteiger partial charge in [0.05, 0.1) is 0 Å². The second kappa shape index (κ2) is 7.53. The smallest absolute Gasteiger partial charge is 0.00845 e. The minimum absolute atomic E-state index is 0.496. The molecule has 0 bridgehead atoms. The van der Waals surface area contributed by atoms with E-state index in [1.165, 1.54) is 70.6 Å². The van der Waals surface area contributed by atoms with Gasteiger partial charge in [-0.15, -0.1) is 0 Å². The van der Waals surface area contributed by atoms with Crippen molar-refractivity contribution >= 4 is 0 Å². The van der Waals surface area contributed by atoms with E-state index >= 15 is 0 Å². The van der Waals surface area contributed by atoms with E-state index in [9.17, 15) is 0 Å². The molecule has 0 aromatic rings. The quantitative estimate of drug-likeness (QED) is 0.427. The van der Waals surface area contributed by atoms with Gasteiger partial charge in [-0.1, -0.05) is 78.9 Å². The molecule has 0 amide bonds. The molecular weight excluding hydrogens is 324 g/mol. The molecule has 27 heavy (non-hydrogen) atoms. The van der Waals surface area contributed by atoms with Crippen molar-refractivity contribution in [2.24, 2.45) is 52.3 Å². The molecule has 0 heteroatoms. The minimum Gasteiger partial charge on any atom is -0.0840 e. The third kappa shape index (κ3) is 3.36. The van der Waals surface area contributed by atoms with E-state index in [0.29, 0.717) is 10.8 Å². The lowest BCUT2D eigenvalue weighted by Gasteiger charge is -2.58. The van der Waals surface area contributed by atoms with Crippen LogP contribution in [0, 0.1) is 52.3 Å². The average molecular weight is 371 g/mol. The van der Waals surface area contributed by atoms with Gasteiger partial charge in [0.1, 0.15) is 0 Å². The SMILES string of the molecule is CC(C)CCC[C@@H](C)[C@H]1CC[C@H]2[C@@H]3CC[C@H]4CCCC[C@]4(C)[C@H]3C=C[C@]12C. The first-order valence-corrected chi connectivity index (χ1v) is 12.6. The van der Waals surface area contributed by atoms with Gasteiger partial charge >= 0.3 is 0 Å². The van der Waals surface area contributed by atoms with Crippen LogP contribution in [0.25, 0.3) is 0 Å². The second-order valence-corrected chi connectivity index (χ2v) is 12.0. The second-order valence-electron chi connectivity index (χ2n) is 12.0. The first-order valence-electron chi connectivity index (χ1n) is 12.6. The molecule has 154 valence electrons. The van der Waals surface area contributed by atoms with Crippen LogP contribution in [0.15, 0.2) is 12.2 Å². The summed E-state index contributed by atoms with van der Waals surface area (Å²) in [6, 6.07) is 0. The maximum atomic E-state index is 2.78. The Kier molecular flexibility index (Phi) is 5.59. The van der Waals surface area contributed by atoms with E-state index in [-0.39, 0.29) is 0 Å². The van der Waals surface area contributed by atoms with Crippen LogP contribution in [0.1, 0.15) is 105 Å². The Morgan fingerprint density at radius 2 is 1.74 bits per heavy atom. The first-order chi connectivity index (χ1) is 12.9. The lowest BCUT2D eigenvalue weighted by atomic mass is 9.46. The molecule has 0 heterocycles. The molecule has 0 aromatic heterocycles. The molecule has 0 unspecified atom stereocenters. The van der Waals surface area contributed by atoms with Gasteiger partial charge in [-0.25, -0.2) is 0 Å². The van der Waals surface area contributed by atoms with E-state index in [1.807, 2.05) is 0 Å². The van der Waals surface area contributed by atoms with Crippen LogP contribution >= 0.6 is 0 Å². The highest BCUT2D eigenvalue weighted by Gasteiger charge is 2.58. The Morgan fingerprint density at radius 3 is 2.52 bits per heavy atom. The zero-order valence-corrected chi connectivity index (χ0v) is 19.0. The highest BCUT2D eigenvalue weighted by molar-refractivity contribution is 5.20. The van der Waals surface area contributed by atoms with Crippen LogP contribution in [-0.4, -0.2) is 0 Å². The van der Waals surface area contributed by atoms with E-state index in [0.717, 1.165) is 41.4 Å². The number of fused-ring (bicyclic) bond motifs is 5. The predicted octanol–water partition coefficient (Wildman–Crippen LogP) is 8.27. The third-order valence-corrected chi connectivity index (χ3v) is 10.2. The van der Waals surface area contributed by atoms with Crippen LogP contribution in [0.2, 0.25) is 0 Å². The molecular formula is C27H46. The molecule has 0 aliphatic heterocycles. The van der Waals surface area contributed by atoms with Crippen LogP contribution in [0.4, 0.5) is 0 Å². The molecule has 4 aliphatic carbocycles.